The number of carbonyl (C=O) groups excluding carboxylic acids is 2. The lowest BCUT2D eigenvalue weighted by Crippen LogP contribution is -2.30. The fourth-order valence-corrected chi connectivity index (χ4v) is 6.08. The Labute approximate surface area is 350 Å². The van der Waals surface area contributed by atoms with Crippen molar-refractivity contribution in [3.05, 3.63) is 85.1 Å². The Morgan fingerprint density at radius 2 is 1.14 bits per heavy atom. The van der Waals surface area contributed by atoms with Crippen LogP contribution in [0.5, 0.6) is 0 Å². The second-order valence-electron chi connectivity index (χ2n) is 14.2. The summed E-state index contributed by atoms with van der Waals surface area (Å²) in [5, 5.41) is 28.6. The van der Waals surface area contributed by atoms with E-state index < -0.39 is 64.5 Å². The van der Waals surface area contributed by atoms with E-state index in [-0.39, 0.29) is 12.8 Å². The molecule has 0 amide bonds. The van der Waals surface area contributed by atoms with Gasteiger partial charge in [0.2, 0.25) is 0 Å². The van der Waals surface area contributed by atoms with Crippen LogP contribution in [-0.2, 0) is 32.7 Å². The topological polar surface area (TPSA) is 169 Å². The maximum absolute atomic E-state index is 12.6. The molecule has 0 fully saturated rings. The van der Waals surface area contributed by atoms with E-state index in [9.17, 15) is 29.3 Å². The van der Waals surface area contributed by atoms with Crippen molar-refractivity contribution in [3.8, 4) is 0 Å². The molecule has 0 aliphatic heterocycles. The van der Waals surface area contributed by atoms with Gasteiger partial charge in [-0.3, -0.25) is 18.6 Å². The average Bonchev–Trinajstić information content (AvgIpc) is 3.20. The van der Waals surface area contributed by atoms with E-state index in [0.717, 1.165) is 70.6 Å². The third-order valence-corrected chi connectivity index (χ3v) is 9.59. The standard InChI is InChI=1S/C46H77O11P/c1-3-5-7-9-11-13-15-17-18-19-20-22-24-26-28-30-32-36-46(51)57-44(41-56-58(52,53)55-39-43(49)38-47)40-54-45(50)37-33-35-42(48)34-31-29-27-25-23-21-16-14-12-10-8-6-4-2/h6,8,11-14,17-18,21,23,27,29,31,34,42-44,47-49H,3-5,7,9-10,15-16,19-20,22,24-26,28,30,32-33,35-41H2,1-2H3,(H,52,53)/b8-6-,13-11-,14-12-,18-17-,23-21-,29-27-,34-31+/t42?,43-,44+/m0/s1. The summed E-state index contributed by atoms with van der Waals surface area (Å²) in [4.78, 5) is 35.0. The minimum absolute atomic E-state index is 0.00456. The zero-order valence-electron chi connectivity index (χ0n) is 35.6. The highest BCUT2D eigenvalue weighted by molar-refractivity contribution is 7.47. The number of carbonyl (C=O) groups is 2. The van der Waals surface area contributed by atoms with Crippen molar-refractivity contribution in [3.63, 3.8) is 0 Å². The number of hydrogen-bond donors (Lipinski definition) is 4. The van der Waals surface area contributed by atoms with Crippen LogP contribution in [0.15, 0.2) is 85.1 Å². The van der Waals surface area contributed by atoms with E-state index in [1.807, 2.05) is 12.2 Å². The molecule has 2 unspecified atom stereocenters. The summed E-state index contributed by atoms with van der Waals surface area (Å²) < 4.78 is 32.6. The van der Waals surface area contributed by atoms with E-state index in [1.54, 1.807) is 12.2 Å². The van der Waals surface area contributed by atoms with Crippen LogP contribution in [-0.4, -0.2) is 76.9 Å². The van der Waals surface area contributed by atoms with Gasteiger partial charge < -0.3 is 29.7 Å². The molecule has 0 rings (SSSR count). The van der Waals surface area contributed by atoms with Gasteiger partial charge in [0.1, 0.15) is 12.7 Å². The fraction of sp³-hybridized carbons (Fsp3) is 0.652. The first-order chi connectivity index (χ1) is 28.1. The molecule has 0 radical (unpaired) electrons. The zero-order valence-corrected chi connectivity index (χ0v) is 36.5. The Hall–Kier alpha value is -2.89. The van der Waals surface area contributed by atoms with Gasteiger partial charge in [-0.25, -0.2) is 4.57 Å². The number of phosphoric ester groups is 1. The molecule has 4 atom stereocenters. The lowest BCUT2D eigenvalue weighted by atomic mass is 10.1. The number of rotatable bonds is 39. The summed E-state index contributed by atoms with van der Waals surface area (Å²) >= 11 is 0. The minimum Gasteiger partial charge on any atom is -0.462 e. The van der Waals surface area contributed by atoms with Gasteiger partial charge in [-0.15, -0.1) is 0 Å². The van der Waals surface area contributed by atoms with Crippen molar-refractivity contribution in [2.45, 2.75) is 167 Å². The van der Waals surface area contributed by atoms with Crippen LogP contribution in [0.25, 0.3) is 0 Å². The first-order valence-electron chi connectivity index (χ1n) is 21.7. The lowest BCUT2D eigenvalue weighted by molar-refractivity contribution is -0.161. The molecule has 0 aromatic rings. The van der Waals surface area contributed by atoms with Gasteiger partial charge in [0.25, 0.3) is 0 Å². The van der Waals surface area contributed by atoms with Gasteiger partial charge in [0.05, 0.1) is 25.9 Å². The molecule has 0 aromatic heterocycles. The lowest BCUT2D eigenvalue weighted by Gasteiger charge is -2.20. The third kappa shape index (κ3) is 39.9. The quantitative estimate of drug-likeness (QED) is 0.0153. The number of aliphatic hydroxyl groups is 3. The molecule has 4 N–H and O–H groups in total. The Bertz CT molecular complexity index is 1250. The van der Waals surface area contributed by atoms with E-state index >= 15 is 0 Å². The maximum Gasteiger partial charge on any atom is 0.472 e. The number of phosphoric acid groups is 1. The molecule has 0 saturated carbocycles. The maximum atomic E-state index is 12.6. The Morgan fingerprint density at radius 1 is 0.603 bits per heavy atom. The smallest absolute Gasteiger partial charge is 0.462 e. The fourth-order valence-electron chi connectivity index (χ4n) is 5.29. The van der Waals surface area contributed by atoms with Crippen LogP contribution in [0.1, 0.15) is 149 Å². The highest BCUT2D eigenvalue weighted by Crippen LogP contribution is 2.43. The van der Waals surface area contributed by atoms with Gasteiger partial charge >= 0.3 is 19.8 Å². The van der Waals surface area contributed by atoms with Crippen molar-refractivity contribution in [1.29, 1.82) is 0 Å². The summed E-state index contributed by atoms with van der Waals surface area (Å²) in [7, 11) is -4.67. The van der Waals surface area contributed by atoms with Crippen LogP contribution in [0.2, 0.25) is 0 Å². The van der Waals surface area contributed by atoms with Gasteiger partial charge in [0.15, 0.2) is 6.10 Å². The second-order valence-corrected chi connectivity index (χ2v) is 15.6. The third-order valence-electron chi connectivity index (χ3n) is 8.64. The minimum atomic E-state index is -4.67. The van der Waals surface area contributed by atoms with Crippen molar-refractivity contribution < 1.29 is 52.9 Å². The van der Waals surface area contributed by atoms with Crippen LogP contribution in [0.4, 0.5) is 0 Å². The van der Waals surface area contributed by atoms with E-state index in [0.29, 0.717) is 19.3 Å². The normalized spacial score (nSPS) is 15.2. The monoisotopic (exact) mass is 837 g/mol. The van der Waals surface area contributed by atoms with Crippen molar-refractivity contribution in [1.82, 2.24) is 0 Å². The highest BCUT2D eigenvalue weighted by Gasteiger charge is 2.27. The number of esters is 2. The van der Waals surface area contributed by atoms with E-state index in [2.05, 4.69) is 79.1 Å². The molecular weight excluding hydrogens is 759 g/mol. The highest BCUT2D eigenvalue weighted by atomic mass is 31.2. The van der Waals surface area contributed by atoms with Gasteiger partial charge in [-0.1, -0.05) is 144 Å². The second kappa shape index (κ2) is 40.9. The predicted molar refractivity (Wildman–Crippen MR) is 234 cm³/mol. The summed E-state index contributed by atoms with van der Waals surface area (Å²) in [6.07, 6.45) is 44.3. The summed E-state index contributed by atoms with van der Waals surface area (Å²) in [6, 6.07) is 0. The molecule has 332 valence electrons. The van der Waals surface area contributed by atoms with Crippen LogP contribution in [0, 0.1) is 0 Å². The number of allylic oxidation sites excluding steroid dienone is 13. The van der Waals surface area contributed by atoms with Gasteiger partial charge in [0, 0.05) is 12.8 Å². The number of ether oxygens (including phenoxy) is 2. The van der Waals surface area contributed by atoms with Crippen molar-refractivity contribution in [2.75, 3.05) is 26.4 Å². The zero-order chi connectivity index (χ0) is 42.8. The molecule has 0 aliphatic rings. The first-order valence-corrected chi connectivity index (χ1v) is 23.1. The summed E-state index contributed by atoms with van der Waals surface area (Å²) in [5.41, 5.74) is 0. The van der Waals surface area contributed by atoms with E-state index in [4.69, 9.17) is 19.1 Å². The van der Waals surface area contributed by atoms with Crippen molar-refractivity contribution in [2.24, 2.45) is 0 Å². The molecule has 0 spiro atoms. The number of aliphatic hydroxyl groups excluding tert-OH is 3. The number of hydrogen-bond acceptors (Lipinski definition) is 10. The Balaban J connectivity index is 4.52. The van der Waals surface area contributed by atoms with Crippen LogP contribution in [0.3, 0.4) is 0 Å². The van der Waals surface area contributed by atoms with E-state index in [1.165, 1.54) is 32.1 Å². The predicted octanol–water partition coefficient (Wildman–Crippen LogP) is 10.4. The van der Waals surface area contributed by atoms with Gasteiger partial charge in [-0.05, 0) is 77.0 Å². The summed E-state index contributed by atoms with van der Waals surface area (Å²) in [5.74, 6) is -1.15. The van der Waals surface area contributed by atoms with Crippen molar-refractivity contribution >= 4 is 19.8 Å². The molecule has 58 heavy (non-hydrogen) atoms. The molecule has 0 aromatic carbocycles. The van der Waals surface area contributed by atoms with Crippen LogP contribution < -0.4 is 0 Å². The average molecular weight is 837 g/mol. The SMILES string of the molecule is CC/C=C\C/C=C\C/C=C\C/C=C\C=C\C(O)CCCC(=O)OC[C@H](COP(=O)(O)OC[C@@H](O)CO)OC(=O)CCCCCCCCC/C=C\C/C=C\CCCCC. The Morgan fingerprint density at radius 3 is 1.76 bits per heavy atom. The molecule has 0 bridgehead atoms. The molecule has 12 heteroatoms. The first kappa shape index (κ1) is 55.1. The molecular formula is C46H77O11P. The Kier molecular flexibility index (Phi) is 38.8. The van der Waals surface area contributed by atoms with Crippen LogP contribution >= 0.6 is 7.82 Å². The summed E-state index contributed by atoms with van der Waals surface area (Å²) in [6.45, 7) is 1.99. The number of unbranched alkanes of at least 4 members (excludes halogenated alkanes) is 10. The molecule has 0 aliphatic carbocycles. The molecule has 0 saturated heterocycles. The molecule has 11 nitrogen and oxygen atoms in total. The van der Waals surface area contributed by atoms with Gasteiger partial charge in [-0.2, -0.15) is 0 Å². The largest absolute Gasteiger partial charge is 0.472 e. The molecule has 0 heterocycles.